The lowest BCUT2D eigenvalue weighted by molar-refractivity contribution is -0.0205. The molecular formula is C19H24ClN7O. The summed E-state index contributed by atoms with van der Waals surface area (Å²) in [7, 11) is 0. The van der Waals surface area contributed by atoms with Crippen molar-refractivity contribution in [3.05, 3.63) is 34.5 Å². The zero-order chi connectivity index (χ0) is 19.9. The number of hydrogen-bond donors (Lipinski definition) is 2. The van der Waals surface area contributed by atoms with Crippen molar-refractivity contribution in [2.45, 2.75) is 39.3 Å². The smallest absolute Gasteiger partial charge is 0.319 e. The maximum absolute atomic E-state index is 7.32. The highest BCUT2D eigenvalue weighted by molar-refractivity contribution is 6.31. The summed E-state index contributed by atoms with van der Waals surface area (Å²) in [6.45, 7) is 15.7. The van der Waals surface area contributed by atoms with E-state index in [1.54, 1.807) is 10.9 Å². The molecule has 8 nitrogen and oxygen atoms in total. The highest BCUT2D eigenvalue weighted by Gasteiger charge is 2.48. The van der Waals surface area contributed by atoms with E-state index in [-0.39, 0.29) is 0 Å². The largest absolute Gasteiger partial charge is 0.476 e. The van der Waals surface area contributed by atoms with Crippen molar-refractivity contribution >= 4 is 23.2 Å². The van der Waals surface area contributed by atoms with Crippen LogP contribution in [0, 0.1) is 24.8 Å². The van der Waals surface area contributed by atoms with E-state index in [2.05, 4.69) is 30.5 Å². The third-order valence-electron chi connectivity index (χ3n) is 5.59. The molecule has 148 valence electrons. The maximum Gasteiger partial charge on any atom is 0.319 e. The predicted octanol–water partition coefficient (Wildman–Crippen LogP) is 3.37. The molecule has 0 aromatic carbocycles. The van der Waals surface area contributed by atoms with E-state index in [1.165, 1.54) is 19.0 Å². The fraction of sp³-hybridized carbons (Fsp3) is 0.579. The maximum atomic E-state index is 7.32. The van der Waals surface area contributed by atoms with Gasteiger partial charge in [0.15, 0.2) is 0 Å². The number of nitrogens with zero attached hydrogens (tertiary/aromatic N) is 5. The van der Waals surface area contributed by atoms with Crippen molar-refractivity contribution in [3.8, 4) is 5.88 Å². The Hall–Kier alpha value is -2.37. The van der Waals surface area contributed by atoms with Crippen LogP contribution >= 0.6 is 11.6 Å². The van der Waals surface area contributed by atoms with Crippen LogP contribution in [0.25, 0.3) is 4.85 Å². The van der Waals surface area contributed by atoms with Crippen LogP contribution in [0.3, 0.4) is 0 Å². The molecule has 2 fully saturated rings. The van der Waals surface area contributed by atoms with Crippen molar-refractivity contribution in [3.63, 3.8) is 0 Å². The predicted molar refractivity (Wildman–Crippen MR) is 107 cm³/mol. The number of hydrogen-bond acceptors (Lipinski definition) is 6. The van der Waals surface area contributed by atoms with Crippen LogP contribution in [0.4, 0.5) is 11.6 Å². The van der Waals surface area contributed by atoms with E-state index in [4.69, 9.17) is 22.9 Å². The quantitative estimate of drug-likeness (QED) is 0.722. The number of halogens is 1. The first-order chi connectivity index (χ1) is 13.3. The standard InChI is InChI=1S/C19H24ClN7O/c1-12-15(8-27(26-12)18(2,3)21-4)24-17-23-7-14(20)16(25-17)28-9-13-5-19(6-13)10-22-11-19/h7-8,13,22H,5-6,9-11H2,1-3H3,(H,23,24,25). The lowest BCUT2D eigenvalue weighted by atomic mass is 9.59. The number of aromatic nitrogens is 4. The first-order valence-electron chi connectivity index (χ1n) is 9.39. The molecule has 2 aromatic rings. The lowest BCUT2D eigenvalue weighted by Crippen LogP contribution is -2.60. The minimum Gasteiger partial charge on any atom is -0.476 e. The molecule has 0 bridgehead atoms. The van der Waals surface area contributed by atoms with Crippen LogP contribution < -0.4 is 15.4 Å². The summed E-state index contributed by atoms with van der Waals surface area (Å²) in [5.74, 6) is 1.33. The normalized spacial score (nSPS) is 18.2. The third kappa shape index (κ3) is 3.52. The first kappa shape index (κ1) is 19.0. The molecular weight excluding hydrogens is 378 g/mol. The fourth-order valence-electron chi connectivity index (χ4n) is 3.79. The summed E-state index contributed by atoms with van der Waals surface area (Å²) in [6.07, 6.45) is 5.71. The Bertz CT molecular complexity index is 921. The highest BCUT2D eigenvalue weighted by atomic mass is 35.5. The topological polar surface area (TPSA) is 81.2 Å². The Morgan fingerprint density at radius 3 is 2.86 bits per heavy atom. The zero-order valence-corrected chi connectivity index (χ0v) is 17.0. The third-order valence-corrected chi connectivity index (χ3v) is 5.85. The van der Waals surface area contributed by atoms with Crippen molar-refractivity contribution in [2.24, 2.45) is 11.3 Å². The Morgan fingerprint density at radius 2 is 2.21 bits per heavy atom. The van der Waals surface area contributed by atoms with Gasteiger partial charge in [-0.1, -0.05) is 11.6 Å². The van der Waals surface area contributed by atoms with Gasteiger partial charge in [-0.3, -0.25) is 4.85 Å². The number of ether oxygens (including phenoxy) is 1. The summed E-state index contributed by atoms with van der Waals surface area (Å²) in [5, 5.41) is 11.3. The van der Waals surface area contributed by atoms with Crippen LogP contribution in [0.2, 0.25) is 5.02 Å². The minimum absolute atomic E-state index is 0.385. The molecule has 2 N–H and O–H groups in total. The second kappa shape index (κ2) is 6.90. The summed E-state index contributed by atoms with van der Waals surface area (Å²) < 4.78 is 7.52. The van der Waals surface area contributed by atoms with E-state index in [0.717, 1.165) is 24.5 Å². The molecule has 28 heavy (non-hydrogen) atoms. The Balaban J connectivity index is 1.42. The summed E-state index contributed by atoms with van der Waals surface area (Å²) in [5.41, 5.74) is 1.26. The van der Waals surface area contributed by atoms with E-state index in [9.17, 15) is 0 Å². The zero-order valence-electron chi connectivity index (χ0n) is 16.3. The molecule has 0 unspecified atom stereocenters. The van der Waals surface area contributed by atoms with E-state index in [0.29, 0.717) is 34.8 Å². The molecule has 0 amide bonds. The van der Waals surface area contributed by atoms with Crippen LogP contribution in [0.1, 0.15) is 32.4 Å². The molecule has 1 saturated carbocycles. The second-order valence-corrected chi connectivity index (χ2v) is 8.75. The average molecular weight is 402 g/mol. The molecule has 0 radical (unpaired) electrons. The van der Waals surface area contributed by atoms with Crippen LogP contribution in [-0.2, 0) is 5.66 Å². The first-order valence-corrected chi connectivity index (χ1v) is 9.76. The molecule has 9 heteroatoms. The van der Waals surface area contributed by atoms with Gasteiger partial charge in [0.2, 0.25) is 11.8 Å². The van der Waals surface area contributed by atoms with Crippen molar-refractivity contribution in [1.82, 2.24) is 25.1 Å². The van der Waals surface area contributed by atoms with Gasteiger partial charge in [0, 0.05) is 26.9 Å². The molecule has 1 aliphatic heterocycles. The van der Waals surface area contributed by atoms with E-state index in [1.807, 2.05) is 20.8 Å². The molecule has 2 aliphatic rings. The molecule has 1 saturated heterocycles. The Kier molecular flexibility index (Phi) is 4.68. The number of nitrogens with one attached hydrogen (secondary N) is 2. The van der Waals surface area contributed by atoms with Gasteiger partial charge in [-0.2, -0.15) is 14.8 Å². The van der Waals surface area contributed by atoms with Gasteiger partial charge < -0.3 is 15.4 Å². The Labute approximate surface area is 169 Å². The van der Waals surface area contributed by atoms with Crippen LogP contribution in [-0.4, -0.2) is 39.4 Å². The van der Waals surface area contributed by atoms with Gasteiger partial charge in [0.1, 0.15) is 5.02 Å². The minimum atomic E-state index is -0.754. The summed E-state index contributed by atoms with van der Waals surface area (Å²) in [6, 6.07) is 0. The van der Waals surface area contributed by atoms with E-state index >= 15 is 0 Å². The monoisotopic (exact) mass is 401 g/mol. The Morgan fingerprint density at radius 1 is 1.46 bits per heavy atom. The van der Waals surface area contributed by atoms with Gasteiger partial charge in [-0.05, 0) is 31.1 Å². The summed E-state index contributed by atoms with van der Waals surface area (Å²) in [4.78, 5) is 12.3. The number of aryl methyl sites for hydroxylation is 1. The molecule has 2 aromatic heterocycles. The molecule has 3 heterocycles. The van der Waals surface area contributed by atoms with Gasteiger partial charge in [0.05, 0.1) is 30.4 Å². The summed E-state index contributed by atoms with van der Waals surface area (Å²) >= 11 is 6.21. The lowest BCUT2D eigenvalue weighted by Gasteiger charge is -2.54. The van der Waals surface area contributed by atoms with Gasteiger partial charge in [-0.15, -0.1) is 0 Å². The molecule has 0 atom stereocenters. The van der Waals surface area contributed by atoms with E-state index < -0.39 is 5.66 Å². The number of anilines is 2. The average Bonchev–Trinajstić information content (AvgIpc) is 2.96. The van der Waals surface area contributed by atoms with Crippen LogP contribution in [0.15, 0.2) is 12.4 Å². The van der Waals surface area contributed by atoms with Gasteiger partial charge >= 0.3 is 5.66 Å². The second-order valence-electron chi connectivity index (χ2n) is 8.34. The van der Waals surface area contributed by atoms with Crippen molar-refractivity contribution in [1.29, 1.82) is 0 Å². The SMILES string of the molecule is [C-]#[N+]C(C)(C)n1cc(Nc2ncc(Cl)c(OCC3CC4(CNC4)C3)n2)c(C)n1. The van der Waals surface area contributed by atoms with Gasteiger partial charge in [0.25, 0.3) is 0 Å². The fourth-order valence-corrected chi connectivity index (χ4v) is 3.94. The molecule has 1 aliphatic carbocycles. The highest BCUT2D eigenvalue weighted by Crippen LogP contribution is 2.48. The van der Waals surface area contributed by atoms with Crippen molar-refractivity contribution < 1.29 is 4.74 Å². The van der Waals surface area contributed by atoms with Crippen LogP contribution in [0.5, 0.6) is 5.88 Å². The molecule has 1 spiro atoms. The molecule has 4 rings (SSSR count). The number of rotatable bonds is 6. The van der Waals surface area contributed by atoms with Gasteiger partial charge in [-0.25, -0.2) is 11.6 Å². The van der Waals surface area contributed by atoms with Crippen molar-refractivity contribution in [2.75, 3.05) is 25.0 Å².